The molecule has 0 atom stereocenters. The summed E-state index contributed by atoms with van der Waals surface area (Å²) in [5, 5.41) is 6.47. The zero-order chi connectivity index (χ0) is 19.9. The molecule has 1 saturated heterocycles. The molecule has 0 unspecified atom stereocenters. The summed E-state index contributed by atoms with van der Waals surface area (Å²) < 4.78 is 42.8. The van der Waals surface area contributed by atoms with E-state index in [4.69, 9.17) is 4.42 Å². The minimum atomic E-state index is -4.11. The second kappa shape index (κ2) is 9.96. The Balaban J connectivity index is 1.72. The summed E-state index contributed by atoms with van der Waals surface area (Å²) in [6.45, 7) is 7.84. The van der Waals surface area contributed by atoms with E-state index < -0.39 is 12.7 Å². The third-order valence-corrected chi connectivity index (χ3v) is 4.74. The Labute approximate surface area is 158 Å². The first-order chi connectivity index (χ1) is 12.8. The van der Waals surface area contributed by atoms with Crippen LogP contribution in [-0.4, -0.2) is 54.7 Å². The Kier molecular flexibility index (Phi) is 7.94. The first-order valence-corrected chi connectivity index (χ1v) is 9.51. The Morgan fingerprint density at radius 2 is 1.96 bits per heavy atom. The van der Waals surface area contributed by atoms with Gasteiger partial charge < -0.3 is 15.1 Å². The maximum Gasteiger partial charge on any atom is 0.401 e. The van der Waals surface area contributed by atoms with E-state index in [0.29, 0.717) is 37.4 Å². The largest absolute Gasteiger partial charge is 0.444 e. The van der Waals surface area contributed by atoms with E-state index >= 15 is 0 Å². The van der Waals surface area contributed by atoms with Crippen LogP contribution in [0.3, 0.4) is 0 Å². The number of rotatable bonds is 7. The van der Waals surface area contributed by atoms with Gasteiger partial charge >= 0.3 is 6.18 Å². The summed E-state index contributed by atoms with van der Waals surface area (Å²) in [6.07, 6.45) is -1.58. The van der Waals surface area contributed by atoms with Crippen molar-refractivity contribution in [1.29, 1.82) is 0 Å². The topological polar surface area (TPSA) is 65.7 Å². The first kappa shape index (κ1) is 21.5. The molecule has 6 nitrogen and oxygen atoms in total. The monoisotopic (exact) mass is 389 g/mol. The smallest absolute Gasteiger partial charge is 0.401 e. The Bertz CT molecular complexity index is 587. The Hall–Kier alpha value is -1.77. The molecule has 0 bridgehead atoms. The third kappa shape index (κ3) is 7.78. The van der Waals surface area contributed by atoms with Gasteiger partial charge in [0, 0.05) is 13.1 Å². The van der Waals surface area contributed by atoms with Crippen LogP contribution in [0.25, 0.3) is 0 Å². The molecular formula is C18H30F3N5O. The highest BCUT2D eigenvalue weighted by atomic mass is 19.4. The maximum atomic E-state index is 12.4. The third-order valence-electron chi connectivity index (χ3n) is 4.74. The SMILES string of the molecule is CCNC(=NCc1nc(C)c(C)o1)NCCC1CCN(CC(F)(F)F)CC1. The average Bonchev–Trinajstić information content (AvgIpc) is 2.91. The zero-order valence-electron chi connectivity index (χ0n) is 16.3. The molecule has 27 heavy (non-hydrogen) atoms. The van der Waals surface area contributed by atoms with Crippen molar-refractivity contribution in [3.05, 3.63) is 17.3 Å². The van der Waals surface area contributed by atoms with Crippen LogP contribution in [0.1, 0.15) is 43.5 Å². The molecule has 0 radical (unpaired) electrons. The van der Waals surface area contributed by atoms with Crippen molar-refractivity contribution in [2.45, 2.75) is 52.8 Å². The van der Waals surface area contributed by atoms with Crippen molar-refractivity contribution in [2.75, 3.05) is 32.7 Å². The molecule has 1 fully saturated rings. The predicted molar refractivity (Wildman–Crippen MR) is 98.6 cm³/mol. The van der Waals surface area contributed by atoms with Gasteiger partial charge in [-0.15, -0.1) is 0 Å². The number of likely N-dealkylation sites (tertiary alicyclic amines) is 1. The van der Waals surface area contributed by atoms with Gasteiger partial charge in [-0.25, -0.2) is 9.98 Å². The molecule has 9 heteroatoms. The number of aryl methyl sites for hydroxylation is 2. The number of hydrogen-bond donors (Lipinski definition) is 2. The van der Waals surface area contributed by atoms with E-state index in [2.05, 4.69) is 20.6 Å². The van der Waals surface area contributed by atoms with Crippen LogP contribution in [0, 0.1) is 19.8 Å². The molecule has 2 heterocycles. The van der Waals surface area contributed by atoms with Gasteiger partial charge in [-0.3, -0.25) is 4.90 Å². The molecule has 0 amide bonds. The van der Waals surface area contributed by atoms with Crippen molar-refractivity contribution in [3.8, 4) is 0 Å². The zero-order valence-corrected chi connectivity index (χ0v) is 16.3. The van der Waals surface area contributed by atoms with Crippen LogP contribution in [0.5, 0.6) is 0 Å². The standard InChI is InChI=1S/C18H30F3N5O/c1-4-22-17(24-11-16-25-13(2)14(3)27-16)23-8-5-15-6-9-26(10-7-15)12-18(19,20)21/h15H,4-12H2,1-3H3,(H2,22,23,24). The molecule has 2 N–H and O–H groups in total. The van der Waals surface area contributed by atoms with Crippen LogP contribution >= 0.6 is 0 Å². The number of hydrogen-bond acceptors (Lipinski definition) is 4. The Morgan fingerprint density at radius 3 is 2.52 bits per heavy atom. The van der Waals surface area contributed by atoms with Crippen LogP contribution in [0.4, 0.5) is 13.2 Å². The van der Waals surface area contributed by atoms with E-state index in [1.54, 1.807) is 0 Å². The molecule has 0 saturated carbocycles. The maximum absolute atomic E-state index is 12.4. The second-order valence-corrected chi connectivity index (χ2v) is 6.99. The molecule has 0 aromatic carbocycles. The molecular weight excluding hydrogens is 359 g/mol. The fourth-order valence-electron chi connectivity index (χ4n) is 3.18. The highest BCUT2D eigenvalue weighted by Gasteiger charge is 2.32. The average molecular weight is 389 g/mol. The molecule has 1 aliphatic rings. The summed E-state index contributed by atoms with van der Waals surface area (Å²) in [7, 11) is 0. The van der Waals surface area contributed by atoms with E-state index in [9.17, 15) is 13.2 Å². The first-order valence-electron chi connectivity index (χ1n) is 9.51. The quantitative estimate of drug-likeness (QED) is 0.554. The molecule has 154 valence electrons. The van der Waals surface area contributed by atoms with E-state index in [1.807, 2.05) is 20.8 Å². The van der Waals surface area contributed by atoms with Crippen molar-refractivity contribution in [3.63, 3.8) is 0 Å². The van der Waals surface area contributed by atoms with Gasteiger partial charge in [0.05, 0.1) is 12.2 Å². The lowest BCUT2D eigenvalue weighted by atomic mass is 9.93. The van der Waals surface area contributed by atoms with Gasteiger partial charge in [0.1, 0.15) is 12.3 Å². The van der Waals surface area contributed by atoms with Gasteiger partial charge in [0.25, 0.3) is 0 Å². The lowest BCUT2D eigenvalue weighted by Gasteiger charge is -2.32. The van der Waals surface area contributed by atoms with Gasteiger partial charge in [-0.1, -0.05) is 0 Å². The Morgan fingerprint density at radius 1 is 1.26 bits per heavy atom. The number of aromatic nitrogens is 1. The highest BCUT2D eigenvalue weighted by molar-refractivity contribution is 5.79. The van der Waals surface area contributed by atoms with Crippen LogP contribution in [-0.2, 0) is 6.54 Å². The van der Waals surface area contributed by atoms with E-state index in [1.165, 1.54) is 4.90 Å². The molecule has 1 aromatic rings. The van der Waals surface area contributed by atoms with Crippen molar-refractivity contribution < 1.29 is 17.6 Å². The highest BCUT2D eigenvalue weighted by Crippen LogP contribution is 2.23. The van der Waals surface area contributed by atoms with Crippen molar-refractivity contribution in [2.24, 2.45) is 10.9 Å². The van der Waals surface area contributed by atoms with Crippen LogP contribution < -0.4 is 10.6 Å². The van der Waals surface area contributed by atoms with E-state index in [-0.39, 0.29) is 0 Å². The minimum Gasteiger partial charge on any atom is -0.444 e. The lowest BCUT2D eigenvalue weighted by molar-refractivity contribution is -0.148. The number of nitrogens with zero attached hydrogens (tertiary/aromatic N) is 3. The molecule has 1 aromatic heterocycles. The van der Waals surface area contributed by atoms with Gasteiger partial charge in [-0.05, 0) is 59.0 Å². The lowest BCUT2D eigenvalue weighted by Crippen LogP contribution is -2.41. The van der Waals surface area contributed by atoms with Crippen molar-refractivity contribution in [1.82, 2.24) is 20.5 Å². The number of oxazole rings is 1. The predicted octanol–water partition coefficient (Wildman–Crippen LogP) is 3.01. The van der Waals surface area contributed by atoms with Crippen LogP contribution in [0.2, 0.25) is 0 Å². The molecule has 1 aliphatic heterocycles. The van der Waals surface area contributed by atoms with Crippen molar-refractivity contribution >= 4 is 5.96 Å². The summed E-state index contributed by atoms with van der Waals surface area (Å²) >= 11 is 0. The fourth-order valence-corrected chi connectivity index (χ4v) is 3.18. The molecule has 2 rings (SSSR count). The minimum absolute atomic E-state index is 0.361. The second-order valence-electron chi connectivity index (χ2n) is 6.99. The van der Waals surface area contributed by atoms with Gasteiger partial charge in [-0.2, -0.15) is 13.2 Å². The summed E-state index contributed by atoms with van der Waals surface area (Å²) in [5.41, 5.74) is 0.870. The fraction of sp³-hybridized carbons (Fsp3) is 0.778. The number of nitrogens with one attached hydrogen (secondary N) is 2. The van der Waals surface area contributed by atoms with Gasteiger partial charge in [0.15, 0.2) is 5.96 Å². The number of alkyl halides is 3. The summed E-state index contributed by atoms with van der Waals surface area (Å²) in [4.78, 5) is 10.3. The number of halogens is 3. The summed E-state index contributed by atoms with van der Waals surface area (Å²) in [6, 6.07) is 0. The molecule has 0 aliphatic carbocycles. The molecule has 0 spiro atoms. The number of aliphatic imine (C=N–C) groups is 1. The van der Waals surface area contributed by atoms with E-state index in [0.717, 1.165) is 43.8 Å². The normalized spacial score (nSPS) is 17.3. The van der Waals surface area contributed by atoms with Crippen LogP contribution in [0.15, 0.2) is 9.41 Å². The summed E-state index contributed by atoms with van der Waals surface area (Å²) in [5.74, 6) is 2.52. The number of guanidine groups is 1. The van der Waals surface area contributed by atoms with Gasteiger partial charge in [0.2, 0.25) is 5.89 Å². The number of piperidine rings is 1.